The summed E-state index contributed by atoms with van der Waals surface area (Å²) in [6.45, 7) is 0. The van der Waals surface area contributed by atoms with Crippen molar-refractivity contribution in [2.24, 2.45) is 0 Å². The fourth-order valence-corrected chi connectivity index (χ4v) is 3.24. The Morgan fingerprint density at radius 1 is 1.21 bits per heavy atom. The smallest absolute Gasteiger partial charge is 0.232 e. The van der Waals surface area contributed by atoms with Gasteiger partial charge >= 0.3 is 0 Å². The molecule has 0 unspecified atom stereocenters. The third-order valence-electron chi connectivity index (χ3n) is 4.37. The van der Waals surface area contributed by atoms with E-state index in [1.807, 2.05) is 18.2 Å². The number of carbonyl (C=O) groups is 1. The first-order chi connectivity index (χ1) is 11.8. The van der Waals surface area contributed by atoms with Crippen LogP contribution in [0.4, 0.5) is 5.69 Å². The number of carbonyl (C=O) groups excluding carboxylic acids is 1. The number of anilines is 1. The van der Waals surface area contributed by atoms with Crippen molar-refractivity contribution in [2.45, 2.75) is 25.2 Å². The largest absolute Gasteiger partial charge is 0.322 e. The number of hydrogen-bond acceptors (Lipinski definition) is 4. The van der Waals surface area contributed by atoms with Crippen LogP contribution >= 0.6 is 0 Å². The van der Waals surface area contributed by atoms with E-state index in [4.69, 9.17) is 0 Å². The minimum atomic E-state index is -0.126. The van der Waals surface area contributed by atoms with Gasteiger partial charge in [0.2, 0.25) is 5.91 Å². The average molecular weight is 319 g/mol. The first kappa shape index (κ1) is 14.6. The Kier molecular flexibility index (Phi) is 3.78. The number of fused-ring (bicyclic) bond motifs is 1. The molecule has 1 aromatic carbocycles. The molecule has 0 saturated heterocycles. The lowest BCUT2D eigenvalue weighted by atomic mass is 9.82. The van der Waals surface area contributed by atoms with E-state index >= 15 is 0 Å². The second kappa shape index (κ2) is 6.23. The normalized spacial score (nSPS) is 16.4. The number of benzene rings is 1. The van der Waals surface area contributed by atoms with E-state index < -0.39 is 0 Å². The van der Waals surface area contributed by atoms with Crippen LogP contribution in [0.25, 0.3) is 5.82 Å². The second-order valence-electron chi connectivity index (χ2n) is 5.85. The summed E-state index contributed by atoms with van der Waals surface area (Å²) in [6, 6.07) is 11.8. The number of pyridine rings is 1. The van der Waals surface area contributed by atoms with Crippen molar-refractivity contribution in [1.29, 1.82) is 0 Å². The molecule has 0 radical (unpaired) electrons. The van der Waals surface area contributed by atoms with E-state index in [-0.39, 0.29) is 11.8 Å². The van der Waals surface area contributed by atoms with Gasteiger partial charge in [0.05, 0.1) is 11.6 Å². The van der Waals surface area contributed by atoms with Crippen LogP contribution in [0.1, 0.15) is 29.9 Å². The van der Waals surface area contributed by atoms with Crippen LogP contribution in [0.3, 0.4) is 0 Å². The lowest BCUT2D eigenvalue weighted by Gasteiger charge is -2.24. The maximum atomic E-state index is 12.9. The lowest BCUT2D eigenvalue weighted by Crippen LogP contribution is -2.25. The third kappa shape index (κ3) is 2.67. The molecule has 1 atom stereocenters. The van der Waals surface area contributed by atoms with E-state index in [9.17, 15) is 4.79 Å². The Labute approximate surface area is 139 Å². The molecule has 0 aliphatic heterocycles. The topological polar surface area (TPSA) is 72.7 Å². The zero-order valence-corrected chi connectivity index (χ0v) is 13.1. The van der Waals surface area contributed by atoms with Gasteiger partial charge in [0, 0.05) is 6.20 Å². The molecule has 24 heavy (non-hydrogen) atoms. The molecular weight excluding hydrogens is 302 g/mol. The highest BCUT2D eigenvalue weighted by Gasteiger charge is 2.26. The molecule has 1 N–H and O–H groups in total. The van der Waals surface area contributed by atoms with Crippen molar-refractivity contribution in [3.8, 4) is 5.82 Å². The third-order valence-corrected chi connectivity index (χ3v) is 4.37. The SMILES string of the molecule is O=C(Nc1cccnc1-n1cncn1)[C@@H]1CCCc2ccccc21. The van der Waals surface area contributed by atoms with E-state index in [0.717, 1.165) is 24.8 Å². The van der Waals surface area contributed by atoms with Gasteiger partial charge in [0.1, 0.15) is 12.7 Å². The molecule has 120 valence electrons. The number of aromatic nitrogens is 4. The zero-order chi connectivity index (χ0) is 16.4. The van der Waals surface area contributed by atoms with E-state index in [0.29, 0.717) is 11.5 Å². The molecule has 3 aromatic rings. The van der Waals surface area contributed by atoms with Crippen LogP contribution in [0.15, 0.2) is 55.2 Å². The number of aryl methyl sites for hydroxylation is 1. The van der Waals surface area contributed by atoms with Gasteiger partial charge in [-0.1, -0.05) is 24.3 Å². The highest BCUT2D eigenvalue weighted by Crippen LogP contribution is 2.32. The maximum Gasteiger partial charge on any atom is 0.232 e. The van der Waals surface area contributed by atoms with Gasteiger partial charge in [-0.2, -0.15) is 5.10 Å². The van der Waals surface area contributed by atoms with Gasteiger partial charge in [-0.05, 0) is 42.5 Å². The van der Waals surface area contributed by atoms with Crippen molar-refractivity contribution in [3.63, 3.8) is 0 Å². The summed E-state index contributed by atoms with van der Waals surface area (Å²) in [5.74, 6) is 0.433. The molecule has 0 saturated carbocycles. The second-order valence-corrected chi connectivity index (χ2v) is 5.85. The molecule has 2 aromatic heterocycles. The molecule has 0 spiro atoms. The van der Waals surface area contributed by atoms with Crippen LogP contribution < -0.4 is 5.32 Å². The van der Waals surface area contributed by atoms with Gasteiger partial charge in [-0.25, -0.2) is 14.6 Å². The summed E-state index contributed by atoms with van der Waals surface area (Å²) in [5, 5.41) is 7.11. The molecule has 2 heterocycles. The Bertz CT molecular complexity index is 859. The lowest BCUT2D eigenvalue weighted by molar-refractivity contribution is -0.117. The number of nitrogens with one attached hydrogen (secondary N) is 1. The van der Waals surface area contributed by atoms with Crippen molar-refractivity contribution in [1.82, 2.24) is 19.7 Å². The van der Waals surface area contributed by atoms with Crippen LogP contribution in [0.2, 0.25) is 0 Å². The standard InChI is InChI=1S/C18H17N5O/c24-18(15-8-3-6-13-5-1-2-7-14(13)15)22-16-9-4-10-20-17(16)23-12-19-11-21-23/h1-2,4-5,7,9-12,15H,3,6,8H2,(H,22,24)/t15-/m1/s1. The number of nitrogens with zero attached hydrogens (tertiary/aromatic N) is 4. The van der Waals surface area contributed by atoms with E-state index in [1.165, 1.54) is 11.9 Å². The van der Waals surface area contributed by atoms with Crippen molar-refractivity contribution in [2.75, 3.05) is 5.32 Å². The highest BCUT2D eigenvalue weighted by atomic mass is 16.1. The van der Waals surface area contributed by atoms with Gasteiger partial charge < -0.3 is 5.32 Å². The van der Waals surface area contributed by atoms with Gasteiger partial charge in [-0.3, -0.25) is 4.79 Å². The van der Waals surface area contributed by atoms with Crippen molar-refractivity contribution in [3.05, 3.63) is 66.4 Å². The zero-order valence-electron chi connectivity index (χ0n) is 13.1. The highest BCUT2D eigenvalue weighted by molar-refractivity contribution is 5.97. The fraction of sp³-hybridized carbons (Fsp3) is 0.222. The quantitative estimate of drug-likeness (QED) is 0.805. The molecule has 0 bridgehead atoms. The number of rotatable bonds is 3. The van der Waals surface area contributed by atoms with Crippen molar-refractivity contribution < 1.29 is 4.79 Å². The van der Waals surface area contributed by atoms with Crippen LogP contribution in [-0.4, -0.2) is 25.7 Å². The number of amides is 1. The fourth-order valence-electron chi connectivity index (χ4n) is 3.24. The monoisotopic (exact) mass is 319 g/mol. The molecule has 0 fully saturated rings. The minimum Gasteiger partial charge on any atom is -0.322 e. The molecule has 1 aliphatic rings. The first-order valence-electron chi connectivity index (χ1n) is 8.01. The molecule has 6 nitrogen and oxygen atoms in total. The van der Waals surface area contributed by atoms with Gasteiger partial charge in [0.15, 0.2) is 5.82 Å². The molecular formula is C18H17N5O. The molecule has 1 aliphatic carbocycles. The van der Waals surface area contributed by atoms with Gasteiger partial charge in [0.25, 0.3) is 0 Å². The maximum absolute atomic E-state index is 12.9. The Balaban J connectivity index is 1.62. The summed E-state index contributed by atoms with van der Waals surface area (Å²) in [4.78, 5) is 21.1. The van der Waals surface area contributed by atoms with Crippen LogP contribution in [-0.2, 0) is 11.2 Å². The van der Waals surface area contributed by atoms with E-state index in [1.54, 1.807) is 23.3 Å². The van der Waals surface area contributed by atoms with Crippen LogP contribution in [0.5, 0.6) is 0 Å². The summed E-state index contributed by atoms with van der Waals surface area (Å²) in [5.41, 5.74) is 3.04. The summed E-state index contributed by atoms with van der Waals surface area (Å²) < 4.78 is 1.55. The summed E-state index contributed by atoms with van der Waals surface area (Å²) in [7, 11) is 0. The molecule has 6 heteroatoms. The molecule has 4 rings (SSSR count). The predicted octanol–water partition coefficient (Wildman–Crippen LogP) is 2.72. The summed E-state index contributed by atoms with van der Waals surface area (Å²) >= 11 is 0. The Hall–Kier alpha value is -3.02. The van der Waals surface area contributed by atoms with E-state index in [2.05, 4.69) is 32.5 Å². The first-order valence-corrected chi connectivity index (χ1v) is 8.01. The summed E-state index contributed by atoms with van der Waals surface area (Å²) in [6.07, 6.45) is 7.60. The number of hydrogen-bond donors (Lipinski definition) is 1. The minimum absolute atomic E-state index is 0.00323. The van der Waals surface area contributed by atoms with Crippen LogP contribution in [0, 0.1) is 0 Å². The van der Waals surface area contributed by atoms with Gasteiger partial charge in [-0.15, -0.1) is 0 Å². The Morgan fingerprint density at radius 2 is 2.12 bits per heavy atom. The Morgan fingerprint density at radius 3 is 3.00 bits per heavy atom. The average Bonchev–Trinajstić information content (AvgIpc) is 3.16. The van der Waals surface area contributed by atoms with Crippen molar-refractivity contribution >= 4 is 11.6 Å². The predicted molar refractivity (Wildman–Crippen MR) is 89.9 cm³/mol. The molecule has 1 amide bonds.